The molecule has 6 fully saturated rings. The van der Waals surface area contributed by atoms with E-state index in [-0.39, 0.29) is 84.3 Å². The van der Waals surface area contributed by atoms with Crippen LogP contribution in [0.2, 0.25) is 0 Å². The van der Waals surface area contributed by atoms with Crippen LogP contribution in [-0.4, -0.2) is 107 Å². The van der Waals surface area contributed by atoms with Crippen LogP contribution in [0.3, 0.4) is 0 Å². The Labute approximate surface area is 305 Å². The molecule has 11 heteroatoms. The molecular formula is C40H68O11. The van der Waals surface area contributed by atoms with Gasteiger partial charge in [0.15, 0.2) is 11.6 Å². The van der Waals surface area contributed by atoms with Gasteiger partial charge in [0.2, 0.25) is 0 Å². The Morgan fingerprint density at radius 3 is 2.25 bits per heavy atom. The van der Waals surface area contributed by atoms with Gasteiger partial charge in [0, 0.05) is 37.7 Å². The third kappa shape index (κ3) is 7.19. The predicted molar refractivity (Wildman–Crippen MR) is 189 cm³/mol. The first-order valence-electron chi connectivity index (χ1n) is 20.0. The van der Waals surface area contributed by atoms with E-state index >= 15 is 0 Å². The summed E-state index contributed by atoms with van der Waals surface area (Å²) in [6, 6.07) is 0. The van der Waals surface area contributed by atoms with Crippen LogP contribution in [0.15, 0.2) is 0 Å². The van der Waals surface area contributed by atoms with Gasteiger partial charge in [-0.3, -0.25) is 4.79 Å². The predicted octanol–water partition coefficient (Wildman–Crippen LogP) is 5.71. The lowest BCUT2D eigenvalue weighted by molar-refractivity contribution is -0.353. The van der Waals surface area contributed by atoms with E-state index in [9.17, 15) is 20.1 Å². The molecule has 0 aromatic carbocycles. The van der Waals surface area contributed by atoms with E-state index in [1.165, 1.54) is 0 Å². The number of hydrogen-bond acceptors (Lipinski definition) is 10. The zero-order chi connectivity index (χ0) is 37.3. The molecule has 0 saturated carbocycles. The molecule has 6 heterocycles. The number of ether oxygens (including phenoxy) is 7. The Morgan fingerprint density at radius 2 is 1.59 bits per heavy atom. The van der Waals surface area contributed by atoms with Crippen LogP contribution in [0, 0.1) is 41.4 Å². The van der Waals surface area contributed by atoms with Crippen molar-refractivity contribution in [2.24, 2.45) is 41.4 Å². The maximum atomic E-state index is 11.8. The average Bonchev–Trinajstić information content (AvgIpc) is 3.75. The Bertz CT molecular complexity index is 1230. The number of methoxy groups -OCH3 is 1. The topological polar surface area (TPSA) is 142 Å². The molecule has 6 aliphatic rings. The normalized spacial score (nSPS) is 54.2. The van der Waals surface area contributed by atoms with Gasteiger partial charge < -0.3 is 48.5 Å². The number of carboxylic acid groups (broad SMARTS) is 1. The monoisotopic (exact) mass is 724 g/mol. The number of carboxylic acids is 1. The van der Waals surface area contributed by atoms with Crippen molar-refractivity contribution in [2.45, 2.75) is 192 Å². The van der Waals surface area contributed by atoms with Gasteiger partial charge in [-0.25, -0.2) is 0 Å². The molecule has 6 aliphatic heterocycles. The molecular weight excluding hydrogens is 656 g/mol. The number of carbonyl (C=O) groups is 1. The first kappa shape index (κ1) is 39.8. The lowest BCUT2D eigenvalue weighted by atomic mass is 9.78. The first-order valence-corrected chi connectivity index (χ1v) is 20.0. The van der Waals surface area contributed by atoms with Gasteiger partial charge in [0.05, 0.1) is 72.6 Å². The van der Waals surface area contributed by atoms with Crippen molar-refractivity contribution >= 4 is 5.97 Å². The highest BCUT2D eigenvalue weighted by molar-refractivity contribution is 5.70. The molecule has 19 atom stereocenters. The van der Waals surface area contributed by atoms with Gasteiger partial charge >= 0.3 is 5.97 Å². The molecule has 6 rings (SSSR count). The average molecular weight is 725 g/mol. The summed E-state index contributed by atoms with van der Waals surface area (Å²) < 4.78 is 47.0. The molecule has 0 aromatic heterocycles. The molecule has 0 bridgehead atoms. The third-order valence-corrected chi connectivity index (χ3v) is 14.4. The molecule has 3 N–H and O–H groups in total. The van der Waals surface area contributed by atoms with Crippen molar-refractivity contribution in [3.8, 4) is 0 Å². The van der Waals surface area contributed by atoms with Gasteiger partial charge in [0.1, 0.15) is 0 Å². The van der Waals surface area contributed by atoms with Gasteiger partial charge in [-0.15, -0.1) is 0 Å². The summed E-state index contributed by atoms with van der Waals surface area (Å²) in [4.78, 5) is 11.8. The maximum absolute atomic E-state index is 11.8. The highest BCUT2D eigenvalue weighted by Crippen LogP contribution is 2.57. The van der Waals surface area contributed by atoms with Gasteiger partial charge in [0.25, 0.3) is 0 Å². The molecule has 6 saturated heterocycles. The molecule has 2 unspecified atom stereocenters. The van der Waals surface area contributed by atoms with E-state index < -0.39 is 41.3 Å². The summed E-state index contributed by atoms with van der Waals surface area (Å²) >= 11 is 0. The van der Waals surface area contributed by atoms with Crippen LogP contribution in [0.4, 0.5) is 0 Å². The fraction of sp³-hybridized carbons (Fsp3) is 0.975. The summed E-state index contributed by atoms with van der Waals surface area (Å²) in [6.45, 7) is 18.4. The van der Waals surface area contributed by atoms with Crippen LogP contribution in [0.1, 0.15) is 120 Å². The third-order valence-electron chi connectivity index (χ3n) is 14.4. The van der Waals surface area contributed by atoms with E-state index in [0.29, 0.717) is 6.42 Å². The molecule has 0 amide bonds. The van der Waals surface area contributed by atoms with Crippen LogP contribution < -0.4 is 0 Å². The Kier molecular flexibility index (Phi) is 11.4. The molecule has 0 aromatic rings. The van der Waals surface area contributed by atoms with E-state index in [4.69, 9.17) is 33.2 Å². The summed E-state index contributed by atoms with van der Waals surface area (Å²) in [5.41, 5.74) is -1.10. The number of aliphatic carboxylic acids is 1. The van der Waals surface area contributed by atoms with Crippen molar-refractivity contribution in [1.82, 2.24) is 0 Å². The Balaban J connectivity index is 1.13. The Morgan fingerprint density at radius 1 is 0.863 bits per heavy atom. The van der Waals surface area contributed by atoms with Crippen molar-refractivity contribution in [3.05, 3.63) is 0 Å². The van der Waals surface area contributed by atoms with E-state index in [2.05, 4.69) is 48.5 Å². The van der Waals surface area contributed by atoms with E-state index in [0.717, 1.165) is 51.4 Å². The molecule has 0 radical (unpaired) electrons. The number of aliphatic hydroxyl groups is 2. The van der Waals surface area contributed by atoms with E-state index in [1.54, 1.807) is 14.0 Å². The smallest absolute Gasteiger partial charge is 0.308 e. The Hall–Kier alpha value is -0.890. The summed E-state index contributed by atoms with van der Waals surface area (Å²) in [5.74, 6) is -3.26. The molecule has 294 valence electrons. The van der Waals surface area contributed by atoms with E-state index in [1.807, 2.05) is 6.92 Å². The minimum Gasteiger partial charge on any atom is -0.481 e. The van der Waals surface area contributed by atoms with Crippen LogP contribution in [0.25, 0.3) is 0 Å². The molecule has 1 spiro atoms. The molecule has 51 heavy (non-hydrogen) atoms. The largest absolute Gasteiger partial charge is 0.481 e. The molecule has 11 nitrogen and oxygen atoms in total. The lowest BCUT2D eigenvalue weighted by Gasteiger charge is -2.50. The fourth-order valence-corrected chi connectivity index (χ4v) is 11.3. The number of rotatable bonds is 9. The fourth-order valence-electron chi connectivity index (χ4n) is 11.3. The summed E-state index contributed by atoms with van der Waals surface area (Å²) in [5, 5.41) is 30.7. The number of hydrogen-bond donors (Lipinski definition) is 3. The van der Waals surface area contributed by atoms with Gasteiger partial charge in [-0.2, -0.15) is 0 Å². The summed E-state index contributed by atoms with van der Waals surface area (Å²) in [7, 11) is 1.77. The van der Waals surface area contributed by atoms with Crippen LogP contribution in [0.5, 0.6) is 0 Å². The van der Waals surface area contributed by atoms with Crippen molar-refractivity contribution < 1.29 is 53.3 Å². The zero-order valence-electron chi connectivity index (χ0n) is 32.8. The lowest BCUT2D eigenvalue weighted by Crippen LogP contribution is -2.58. The number of aliphatic hydroxyl groups excluding tert-OH is 1. The highest BCUT2D eigenvalue weighted by atomic mass is 16.7. The van der Waals surface area contributed by atoms with Crippen molar-refractivity contribution in [2.75, 3.05) is 13.7 Å². The second-order valence-electron chi connectivity index (χ2n) is 18.4. The molecule has 0 aliphatic carbocycles. The quantitative estimate of drug-likeness (QED) is 0.269. The van der Waals surface area contributed by atoms with Crippen molar-refractivity contribution in [1.29, 1.82) is 0 Å². The highest BCUT2D eigenvalue weighted by Gasteiger charge is 2.65. The zero-order valence-corrected chi connectivity index (χ0v) is 32.8. The van der Waals surface area contributed by atoms with Crippen LogP contribution >= 0.6 is 0 Å². The van der Waals surface area contributed by atoms with Gasteiger partial charge in [-0.1, -0.05) is 41.5 Å². The SMILES string of the molecule is CO[C@@H]1C[C@@H](C[C@H]2CC[C@H](C)[C@@H]([C@@H](C)C(=O)O)O2)O[C@]2(O[C@](C)([C@H]3CC[C@@](C)(C4OC([C@H]5O[C@@](O)(CO)[C@H](C)C[C@@H]5C)C[C@@H]4C)O3)C[C@H]2C)[C@@H]1C. The van der Waals surface area contributed by atoms with Crippen LogP contribution in [-0.2, 0) is 38.0 Å². The second-order valence-corrected chi connectivity index (χ2v) is 18.4. The first-order chi connectivity index (χ1) is 23.9. The second kappa shape index (κ2) is 14.6. The minimum atomic E-state index is -1.55. The standard InChI is InChI=1S/C40H68O11/c1-21-11-12-28(46-33(21)26(6)36(42)43)17-29-18-30(45-10)27(7)40(48-29)25(5)19-38(9,51-40)32-13-14-37(8,49-32)35-23(3)16-31(47-35)34-22(2)15-24(4)39(44,20-41)50-34/h21-35,41,44H,11-20H2,1-10H3,(H,42,43)/t21-,22-,23-,24+,25+,26+,27+,28+,29+,30+,31?,32+,33-,34-,35?,37-,38-,39-,40+/m0/s1. The maximum Gasteiger partial charge on any atom is 0.308 e. The van der Waals surface area contributed by atoms with Gasteiger partial charge in [-0.05, 0) is 83.5 Å². The van der Waals surface area contributed by atoms with Crippen molar-refractivity contribution in [3.63, 3.8) is 0 Å². The minimum absolute atomic E-state index is 0.00727. The summed E-state index contributed by atoms with van der Waals surface area (Å²) in [6.07, 6.45) is 5.85.